The van der Waals surface area contributed by atoms with E-state index in [-0.39, 0.29) is 17.8 Å². The van der Waals surface area contributed by atoms with Crippen molar-refractivity contribution in [3.05, 3.63) is 29.6 Å². The van der Waals surface area contributed by atoms with Gasteiger partial charge in [-0.3, -0.25) is 9.78 Å². The number of hydrogen-bond acceptors (Lipinski definition) is 4. The predicted molar refractivity (Wildman–Crippen MR) is 64.7 cm³/mol. The van der Waals surface area contributed by atoms with Crippen LogP contribution in [-0.4, -0.2) is 30.6 Å². The second-order valence-electron chi connectivity index (χ2n) is 4.36. The van der Waals surface area contributed by atoms with Crippen LogP contribution < -0.4 is 5.32 Å². The molecule has 0 amide bonds. The molecule has 1 aliphatic heterocycles. The van der Waals surface area contributed by atoms with Gasteiger partial charge in [0.1, 0.15) is 0 Å². The molecule has 17 heavy (non-hydrogen) atoms. The van der Waals surface area contributed by atoms with E-state index in [1.807, 2.05) is 19.2 Å². The summed E-state index contributed by atoms with van der Waals surface area (Å²) in [4.78, 5) is 16.0. The van der Waals surface area contributed by atoms with Crippen molar-refractivity contribution in [2.75, 3.05) is 19.7 Å². The second kappa shape index (κ2) is 5.27. The number of aryl methyl sites for hydroxylation is 1. The van der Waals surface area contributed by atoms with Crippen LogP contribution >= 0.6 is 0 Å². The molecule has 0 saturated carbocycles. The molecule has 2 rings (SSSR count). The van der Waals surface area contributed by atoms with Gasteiger partial charge in [-0.25, -0.2) is 0 Å². The average molecular weight is 234 g/mol. The summed E-state index contributed by atoms with van der Waals surface area (Å²) >= 11 is 0. The van der Waals surface area contributed by atoms with Crippen LogP contribution in [0.4, 0.5) is 0 Å². The van der Waals surface area contributed by atoms with Crippen molar-refractivity contribution in [1.29, 1.82) is 0 Å². The second-order valence-corrected chi connectivity index (χ2v) is 4.36. The van der Waals surface area contributed by atoms with Crippen LogP contribution in [0, 0.1) is 12.8 Å². The Morgan fingerprint density at radius 3 is 3.12 bits per heavy atom. The van der Waals surface area contributed by atoms with Gasteiger partial charge in [0.15, 0.2) is 0 Å². The highest BCUT2D eigenvalue weighted by molar-refractivity contribution is 5.74. The minimum Gasteiger partial charge on any atom is -0.466 e. The minimum atomic E-state index is -0.106. The first-order valence-electron chi connectivity index (χ1n) is 6.02. The van der Waals surface area contributed by atoms with E-state index in [1.165, 1.54) is 5.56 Å². The van der Waals surface area contributed by atoms with E-state index >= 15 is 0 Å². The van der Waals surface area contributed by atoms with Crippen molar-refractivity contribution >= 4 is 5.97 Å². The number of rotatable bonds is 3. The fourth-order valence-corrected chi connectivity index (χ4v) is 2.37. The van der Waals surface area contributed by atoms with Crippen LogP contribution in [-0.2, 0) is 9.53 Å². The topological polar surface area (TPSA) is 51.2 Å². The molecule has 4 heteroatoms. The first-order valence-corrected chi connectivity index (χ1v) is 6.02. The van der Waals surface area contributed by atoms with Crippen LogP contribution in [0.1, 0.15) is 24.0 Å². The van der Waals surface area contributed by atoms with Crippen LogP contribution in [0.25, 0.3) is 0 Å². The molecule has 4 nitrogen and oxygen atoms in total. The number of carbonyl (C=O) groups is 1. The highest BCUT2D eigenvalue weighted by atomic mass is 16.5. The van der Waals surface area contributed by atoms with E-state index < -0.39 is 0 Å². The van der Waals surface area contributed by atoms with Crippen LogP contribution in [0.15, 0.2) is 18.5 Å². The molecule has 0 radical (unpaired) electrons. The third kappa shape index (κ3) is 2.47. The Balaban J connectivity index is 2.20. The number of pyridine rings is 1. The summed E-state index contributed by atoms with van der Waals surface area (Å²) in [5.74, 6) is -0.00801. The Hall–Kier alpha value is -1.42. The Bertz CT molecular complexity index is 406. The Morgan fingerprint density at radius 1 is 1.59 bits per heavy atom. The molecule has 0 aliphatic carbocycles. The fraction of sp³-hybridized carbons (Fsp3) is 0.538. The molecule has 1 aliphatic rings. The largest absolute Gasteiger partial charge is 0.466 e. The highest BCUT2D eigenvalue weighted by Gasteiger charge is 2.35. The molecule has 1 N–H and O–H groups in total. The molecule has 1 aromatic heterocycles. The first kappa shape index (κ1) is 12.0. The van der Waals surface area contributed by atoms with Gasteiger partial charge in [-0.05, 0) is 31.0 Å². The number of carbonyl (C=O) groups excluding carboxylic acids is 1. The smallest absolute Gasteiger partial charge is 0.310 e. The molecule has 2 heterocycles. The predicted octanol–water partition coefficient (Wildman–Crippen LogP) is 1.26. The molecular weight excluding hydrogens is 216 g/mol. The summed E-state index contributed by atoms with van der Waals surface area (Å²) in [5.41, 5.74) is 2.33. The van der Waals surface area contributed by atoms with Crippen molar-refractivity contribution in [3.8, 4) is 0 Å². The third-order valence-electron chi connectivity index (χ3n) is 3.28. The maximum Gasteiger partial charge on any atom is 0.310 e. The van der Waals surface area contributed by atoms with E-state index in [1.54, 1.807) is 6.20 Å². The van der Waals surface area contributed by atoms with E-state index in [4.69, 9.17) is 4.74 Å². The summed E-state index contributed by atoms with van der Waals surface area (Å²) in [7, 11) is 0. The fourth-order valence-electron chi connectivity index (χ4n) is 2.37. The SMILES string of the molecule is CCOC(=O)C1CNCC1c1cnccc1C. The first-order chi connectivity index (χ1) is 8.24. The number of hydrogen-bond donors (Lipinski definition) is 1. The quantitative estimate of drug-likeness (QED) is 0.800. The lowest BCUT2D eigenvalue weighted by Crippen LogP contribution is -2.24. The molecule has 1 fully saturated rings. The Morgan fingerprint density at radius 2 is 2.41 bits per heavy atom. The van der Waals surface area contributed by atoms with Gasteiger partial charge in [-0.1, -0.05) is 0 Å². The number of aromatic nitrogens is 1. The maximum absolute atomic E-state index is 11.9. The van der Waals surface area contributed by atoms with Crippen LogP contribution in [0.5, 0.6) is 0 Å². The van der Waals surface area contributed by atoms with Crippen LogP contribution in [0.3, 0.4) is 0 Å². The van der Waals surface area contributed by atoms with Gasteiger partial charge in [0.25, 0.3) is 0 Å². The lowest BCUT2D eigenvalue weighted by atomic mass is 9.87. The van der Waals surface area contributed by atoms with Crippen molar-refractivity contribution < 1.29 is 9.53 Å². The van der Waals surface area contributed by atoms with E-state index in [0.717, 1.165) is 12.1 Å². The molecular formula is C13H18N2O2. The highest BCUT2D eigenvalue weighted by Crippen LogP contribution is 2.30. The van der Waals surface area contributed by atoms with E-state index in [9.17, 15) is 4.79 Å². The van der Waals surface area contributed by atoms with Gasteiger partial charge in [0.2, 0.25) is 0 Å². The lowest BCUT2D eigenvalue weighted by molar-refractivity contribution is -0.147. The Kier molecular flexibility index (Phi) is 3.74. The third-order valence-corrected chi connectivity index (χ3v) is 3.28. The lowest BCUT2D eigenvalue weighted by Gasteiger charge is -2.18. The number of nitrogens with zero attached hydrogens (tertiary/aromatic N) is 1. The molecule has 1 aromatic rings. The zero-order valence-corrected chi connectivity index (χ0v) is 10.3. The van der Waals surface area contributed by atoms with E-state index in [2.05, 4.69) is 17.2 Å². The summed E-state index contributed by atoms with van der Waals surface area (Å²) in [6.07, 6.45) is 3.64. The number of nitrogens with one attached hydrogen (secondary N) is 1. The zero-order valence-electron chi connectivity index (χ0n) is 10.3. The number of esters is 1. The van der Waals surface area contributed by atoms with Gasteiger partial charge in [-0.15, -0.1) is 0 Å². The summed E-state index contributed by atoms with van der Waals surface area (Å²) in [6.45, 7) is 5.84. The summed E-state index contributed by atoms with van der Waals surface area (Å²) in [5, 5.41) is 3.26. The van der Waals surface area contributed by atoms with Crippen molar-refractivity contribution in [1.82, 2.24) is 10.3 Å². The van der Waals surface area contributed by atoms with Crippen molar-refractivity contribution in [3.63, 3.8) is 0 Å². The molecule has 0 aromatic carbocycles. The number of ether oxygens (including phenoxy) is 1. The van der Waals surface area contributed by atoms with Gasteiger partial charge >= 0.3 is 5.97 Å². The van der Waals surface area contributed by atoms with Gasteiger partial charge in [0.05, 0.1) is 12.5 Å². The average Bonchev–Trinajstić information content (AvgIpc) is 2.79. The monoisotopic (exact) mass is 234 g/mol. The normalized spacial score (nSPS) is 23.6. The van der Waals surface area contributed by atoms with Crippen LogP contribution in [0.2, 0.25) is 0 Å². The van der Waals surface area contributed by atoms with Gasteiger partial charge < -0.3 is 10.1 Å². The van der Waals surface area contributed by atoms with E-state index in [0.29, 0.717) is 13.2 Å². The Labute approximate surface area is 101 Å². The molecule has 1 saturated heterocycles. The molecule has 2 atom stereocenters. The molecule has 2 unspecified atom stereocenters. The van der Waals surface area contributed by atoms with Gasteiger partial charge in [-0.2, -0.15) is 0 Å². The van der Waals surface area contributed by atoms with Gasteiger partial charge in [0, 0.05) is 31.4 Å². The minimum absolute atomic E-state index is 0.0853. The van der Waals surface area contributed by atoms with Crippen molar-refractivity contribution in [2.45, 2.75) is 19.8 Å². The zero-order chi connectivity index (χ0) is 12.3. The van der Waals surface area contributed by atoms with Crippen molar-refractivity contribution in [2.24, 2.45) is 5.92 Å². The standard InChI is InChI=1S/C13H18N2O2/c1-3-17-13(16)12-8-15-7-11(12)10-6-14-5-4-9(10)2/h4-6,11-12,15H,3,7-8H2,1-2H3. The molecule has 92 valence electrons. The molecule has 0 spiro atoms. The molecule has 0 bridgehead atoms. The maximum atomic E-state index is 11.9. The summed E-state index contributed by atoms with van der Waals surface area (Å²) < 4.78 is 5.12. The summed E-state index contributed by atoms with van der Waals surface area (Å²) in [6, 6.07) is 1.98.